The van der Waals surface area contributed by atoms with Gasteiger partial charge in [-0.25, -0.2) is 4.98 Å². The number of ether oxygens (including phenoxy) is 1. The molecule has 1 aromatic heterocycles. The lowest BCUT2D eigenvalue weighted by atomic mass is 9.67. The SMILES string of the molecule is CCNC(=NCC1(CCOC)CCC1)NCCCCNc1ccccn1. The summed E-state index contributed by atoms with van der Waals surface area (Å²) in [5.41, 5.74) is 0.366. The highest BCUT2D eigenvalue weighted by Gasteiger charge is 2.36. The van der Waals surface area contributed by atoms with Gasteiger partial charge in [-0.1, -0.05) is 12.5 Å². The minimum Gasteiger partial charge on any atom is -0.385 e. The molecule has 0 aromatic carbocycles. The second kappa shape index (κ2) is 11.7. The lowest BCUT2D eigenvalue weighted by Gasteiger charge is -2.40. The Morgan fingerprint density at radius 3 is 2.73 bits per heavy atom. The number of pyridine rings is 1. The highest BCUT2D eigenvalue weighted by molar-refractivity contribution is 5.79. The van der Waals surface area contributed by atoms with Gasteiger partial charge >= 0.3 is 0 Å². The maximum Gasteiger partial charge on any atom is 0.191 e. The first kappa shape index (κ1) is 20.5. The van der Waals surface area contributed by atoms with E-state index in [-0.39, 0.29) is 0 Å². The van der Waals surface area contributed by atoms with E-state index < -0.39 is 0 Å². The molecule has 0 unspecified atom stereocenters. The van der Waals surface area contributed by atoms with Crippen molar-refractivity contribution in [1.82, 2.24) is 15.6 Å². The first-order chi connectivity index (χ1) is 12.8. The van der Waals surface area contributed by atoms with E-state index in [1.54, 1.807) is 7.11 Å². The minimum absolute atomic E-state index is 0.366. The summed E-state index contributed by atoms with van der Waals surface area (Å²) in [6, 6.07) is 5.92. The third kappa shape index (κ3) is 7.20. The Hall–Kier alpha value is -1.82. The number of aromatic nitrogens is 1. The molecule has 1 aliphatic carbocycles. The maximum absolute atomic E-state index is 5.27. The fraction of sp³-hybridized carbons (Fsp3) is 0.700. The standard InChI is InChI=1S/C20H35N5O/c1-3-21-19(25-17-20(10-8-11-20)12-16-26-2)24-15-7-6-14-23-18-9-4-5-13-22-18/h4-5,9,13H,3,6-8,10-12,14-17H2,1-2H3,(H,22,23)(H2,21,24,25). The van der Waals surface area contributed by atoms with Crippen LogP contribution in [-0.4, -0.2) is 50.8 Å². The zero-order chi connectivity index (χ0) is 18.5. The molecule has 6 nitrogen and oxygen atoms in total. The van der Waals surface area contributed by atoms with Crippen LogP contribution >= 0.6 is 0 Å². The molecule has 2 rings (SSSR count). The Balaban J connectivity index is 1.65. The van der Waals surface area contributed by atoms with E-state index in [9.17, 15) is 0 Å². The van der Waals surface area contributed by atoms with Gasteiger partial charge in [-0.15, -0.1) is 0 Å². The number of guanidine groups is 1. The van der Waals surface area contributed by atoms with Crippen molar-refractivity contribution in [3.8, 4) is 0 Å². The summed E-state index contributed by atoms with van der Waals surface area (Å²) >= 11 is 0. The molecule has 0 amide bonds. The highest BCUT2D eigenvalue weighted by atomic mass is 16.5. The van der Waals surface area contributed by atoms with Gasteiger partial charge in [0, 0.05) is 46.1 Å². The van der Waals surface area contributed by atoms with E-state index in [0.29, 0.717) is 5.41 Å². The smallest absolute Gasteiger partial charge is 0.191 e. The zero-order valence-corrected chi connectivity index (χ0v) is 16.4. The molecule has 0 spiro atoms. The molecule has 1 aromatic rings. The van der Waals surface area contributed by atoms with E-state index in [4.69, 9.17) is 9.73 Å². The second-order valence-corrected chi connectivity index (χ2v) is 7.07. The van der Waals surface area contributed by atoms with E-state index in [2.05, 4.69) is 27.9 Å². The van der Waals surface area contributed by atoms with Crippen LogP contribution < -0.4 is 16.0 Å². The third-order valence-corrected chi connectivity index (χ3v) is 5.03. The normalized spacial score (nSPS) is 16.0. The first-order valence-electron chi connectivity index (χ1n) is 9.94. The van der Waals surface area contributed by atoms with Crippen LogP contribution in [0.5, 0.6) is 0 Å². The van der Waals surface area contributed by atoms with Gasteiger partial charge in [0.15, 0.2) is 5.96 Å². The molecule has 1 aliphatic rings. The second-order valence-electron chi connectivity index (χ2n) is 7.07. The topological polar surface area (TPSA) is 70.6 Å². The number of unbranched alkanes of at least 4 members (excludes halogenated alkanes) is 1. The van der Waals surface area contributed by atoms with Gasteiger partial charge in [0.1, 0.15) is 5.82 Å². The van der Waals surface area contributed by atoms with E-state index in [0.717, 1.165) is 63.8 Å². The van der Waals surface area contributed by atoms with Crippen molar-refractivity contribution in [3.63, 3.8) is 0 Å². The van der Waals surface area contributed by atoms with Crippen molar-refractivity contribution in [3.05, 3.63) is 24.4 Å². The predicted molar refractivity (Wildman–Crippen MR) is 109 cm³/mol. The molecular formula is C20H35N5O. The Bertz CT molecular complexity index is 516. The summed E-state index contributed by atoms with van der Waals surface area (Å²) in [6.07, 6.45) is 9.00. The maximum atomic E-state index is 5.27. The van der Waals surface area contributed by atoms with Crippen LogP contribution in [0.4, 0.5) is 5.82 Å². The number of aliphatic imine (C=N–C) groups is 1. The third-order valence-electron chi connectivity index (χ3n) is 5.03. The highest BCUT2D eigenvalue weighted by Crippen LogP contribution is 2.44. The van der Waals surface area contributed by atoms with Gasteiger partial charge in [-0.2, -0.15) is 0 Å². The summed E-state index contributed by atoms with van der Waals surface area (Å²) in [4.78, 5) is 9.11. The molecule has 0 bridgehead atoms. The Labute approximate surface area is 158 Å². The van der Waals surface area contributed by atoms with Crippen LogP contribution in [0, 0.1) is 5.41 Å². The molecule has 146 valence electrons. The molecule has 0 atom stereocenters. The molecule has 1 fully saturated rings. The number of anilines is 1. The fourth-order valence-corrected chi connectivity index (χ4v) is 3.21. The molecule has 1 heterocycles. The minimum atomic E-state index is 0.366. The number of hydrogen-bond acceptors (Lipinski definition) is 4. The van der Waals surface area contributed by atoms with Crippen molar-refractivity contribution < 1.29 is 4.74 Å². The van der Waals surface area contributed by atoms with E-state index >= 15 is 0 Å². The van der Waals surface area contributed by atoms with Crippen LogP contribution in [0.25, 0.3) is 0 Å². The number of hydrogen-bond donors (Lipinski definition) is 3. The summed E-state index contributed by atoms with van der Waals surface area (Å²) in [7, 11) is 1.78. The average molecular weight is 362 g/mol. The molecule has 1 saturated carbocycles. The number of rotatable bonds is 12. The van der Waals surface area contributed by atoms with Crippen molar-refractivity contribution in [2.45, 2.75) is 45.4 Å². The van der Waals surface area contributed by atoms with Gasteiger partial charge in [0.2, 0.25) is 0 Å². The molecule has 0 aliphatic heterocycles. The number of nitrogens with zero attached hydrogens (tertiary/aromatic N) is 2. The van der Waals surface area contributed by atoms with Crippen LogP contribution in [0.1, 0.15) is 45.4 Å². The van der Waals surface area contributed by atoms with Crippen molar-refractivity contribution in [2.75, 3.05) is 45.2 Å². The molecular weight excluding hydrogens is 326 g/mol. The monoisotopic (exact) mass is 361 g/mol. The Morgan fingerprint density at radius 1 is 1.23 bits per heavy atom. The van der Waals surface area contributed by atoms with Gasteiger partial charge < -0.3 is 20.7 Å². The summed E-state index contributed by atoms with van der Waals surface area (Å²) in [5, 5.41) is 10.2. The van der Waals surface area contributed by atoms with Crippen molar-refractivity contribution in [1.29, 1.82) is 0 Å². The molecule has 26 heavy (non-hydrogen) atoms. The Kier molecular flexibility index (Phi) is 9.24. The number of methoxy groups -OCH3 is 1. The lowest BCUT2D eigenvalue weighted by Crippen LogP contribution is -2.40. The van der Waals surface area contributed by atoms with Crippen molar-refractivity contribution >= 4 is 11.8 Å². The predicted octanol–water partition coefficient (Wildman–Crippen LogP) is 3.04. The van der Waals surface area contributed by atoms with Gasteiger partial charge in [0.25, 0.3) is 0 Å². The van der Waals surface area contributed by atoms with Crippen LogP contribution in [0.3, 0.4) is 0 Å². The van der Waals surface area contributed by atoms with Crippen LogP contribution in [0.2, 0.25) is 0 Å². The summed E-state index contributed by atoms with van der Waals surface area (Å²) in [5.74, 6) is 1.88. The fourth-order valence-electron chi connectivity index (χ4n) is 3.21. The molecule has 0 saturated heterocycles. The number of nitrogens with one attached hydrogen (secondary N) is 3. The molecule has 0 radical (unpaired) electrons. The van der Waals surface area contributed by atoms with Crippen LogP contribution in [0.15, 0.2) is 29.4 Å². The van der Waals surface area contributed by atoms with Crippen molar-refractivity contribution in [2.24, 2.45) is 10.4 Å². The lowest BCUT2D eigenvalue weighted by molar-refractivity contribution is 0.0778. The Morgan fingerprint density at radius 2 is 2.08 bits per heavy atom. The largest absolute Gasteiger partial charge is 0.385 e. The first-order valence-corrected chi connectivity index (χ1v) is 9.94. The molecule has 6 heteroatoms. The van der Waals surface area contributed by atoms with Gasteiger partial charge in [-0.3, -0.25) is 4.99 Å². The summed E-state index contributed by atoms with van der Waals surface area (Å²) < 4.78 is 5.27. The average Bonchev–Trinajstić information content (AvgIpc) is 2.64. The van der Waals surface area contributed by atoms with Crippen LogP contribution in [-0.2, 0) is 4.74 Å². The van der Waals surface area contributed by atoms with Gasteiger partial charge in [-0.05, 0) is 56.6 Å². The van der Waals surface area contributed by atoms with E-state index in [1.807, 2.05) is 24.4 Å². The van der Waals surface area contributed by atoms with E-state index in [1.165, 1.54) is 19.3 Å². The zero-order valence-electron chi connectivity index (χ0n) is 16.4. The quantitative estimate of drug-likeness (QED) is 0.303. The summed E-state index contributed by atoms with van der Waals surface area (Å²) in [6.45, 7) is 6.60. The molecule has 3 N–H and O–H groups in total. The van der Waals surface area contributed by atoms with Gasteiger partial charge in [0.05, 0.1) is 0 Å².